The number of hydrogen-bond donors (Lipinski definition) is 2. The van der Waals surface area contributed by atoms with E-state index < -0.39 is 42.2 Å². The van der Waals surface area contributed by atoms with Gasteiger partial charge in [0.25, 0.3) is 18.2 Å². The van der Waals surface area contributed by atoms with E-state index in [9.17, 15) is 36.3 Å². The highest BCUT2D eigenvalue weighted by atomic mass is 35.5. The summed E-state index contributed by atoms with van der Waals surface area (Å²) < 4.78 is 68.1. The van der Waals surface area contributed by atoms with E-state index in [0.717, 1.165) is 12.3 Å². The van der Waals surface area contributed by atoms with Crippen LogP contribution in [0.25, 0.3) is 16.7 Å². The van der Waals surface area contributed by atoms with Crippen LogP contribution in [0.15, 0.2) is 59.7 Å². The molecule has 1 aliphatic carbocycles. The van der Waals surface area contributed by atoms with Crippen LogP contribution < -0.4 is 16.3 Å². The fourth-order valence-electron chi connectivity index (χ4n) is 5.40. The van der Waals surface area contributed by atoms with Crippen molar-refractivity contribution in [3.05, 3.63) is 87.3 Å². The van der Waals surface area contributed by atoms with Crippen molar-refractivity contribution in [3.63, 3.8) is 0 Å². The van der Waals surface area contributed by atoms with Gasteiger partial charge in [0, 0.05) is 18.8 Å². The smallest absolute Gasteiger partial charge is 0.349 e. The van der Waals surface area contributed by atoms with Crippen LogP contribution in [0.2, 0.25) is 5.02 Å². The van der Waals surface area contributed by atoms with E-state index in [4.69, 9.17) is 11.6 Å². The van der Waals surface area contributed by atoms with E-state index >= 15 is 0 Å². The highest BCUT2D eigenvalue weighted by molar-refractivity contribution is 6.30. The van der Waals surface area contributed by atoms with E-state index in [-0.39, 0.29) is 28.4 Å². The lowest BCUT2D eigenvalue weighted by Gasteiger charge is -2.29. The Labute approximate surface area is 252 Å². The molecule has 5 rings (SSSR count). The minimum Gasteiger partial charge on any atom is -0.349 e. The number of nitrogens with zero attached hydrogens (tertiary/aromatic N) is 4. The average Bonchev–Trinajstić information content (AvgIpc) is 3.26. The highest BCUT2D eigenvalue weighted by Gasteiger charge is 2.38. The van der Waals surface area contributed by atoms with Crippen LogP contribution in [-0.2, 0) is 12.7 Å². The molecule has 232 valence electrons. The maximum Gasteiger partial charge on any atom is 0.434 e. The molecule has 1 aliphatic rings. The van der Waals surface area contributed by atoms with Gasteiger partial charge in [-0.15, -0.1) is 0 Å². The molecule has 0 spiro atoms. The molecular formula is C29H26ClF5N6O3. The second kappa shape index (κ2) is 12.7. The van der Waals surface area contributed by atoms with Crippen molar-refractivity contribution in [1.82, 2.24) is 29.7 Å². The third-order valence-electron chi connectivity index (χ3n) is 7.48. The number of halogens is 6. The van der Waals surface area contributed by atoms with Crippen LogP contribution in [0.3, 0.4) is 0 Å². The van der Waals surface area contributed by atoms with Gasteiger partial charge in [0.15, 0.2) is 5.69 Å². The van der Waals surface area contributed by atoms with Crippen LogP contribution >= 0.6 is 11.6 Å². The quantitative estimate of drug-likeness (QED) is 0.257. The number of fused-ring (bicyclic) bond motifs is 1. The first-order valence-corrected chi connectivity index (χ1v) is 14.1. The summed E-state index contributed by atoms with van der Waals surface area (Å²) in [5.41, 5.74) is -0.699. The number of alkyl halides is 5. The van der Waals surface area contributed by atoms with Crippen LogP contribution in [0.1, 0.15) is 52.2 Å². The molecule has 3 heterocycles. The molecule has 0 radical (unpaired) electrons. The maximum atomic E-state index is 13.6. The molecule has 0 aliphatic heterocycles. The van der Waals surface area contributed by atoms with Crippen LogP contribution in [0, 0.1) is 5.92 Å². The number of rotatable bonds is 8. The van der Waals surface area contributed by atoms with Gasteiger partial charge in [-0.25, -0.2) is 23.5 Å². The molecule has 1 aromatic carbocycles. The number of carbonyl (C=O) groups excluding carboxylic acids is 2. The molecule has 44 heavy (non-hydrogen) atoms. The Hall–Kier alpha value is -4.33. The Morgan fingerprint density at radius 2 is 1.68 bits per heavy atom. The summed E-state index contributed by atoms with van der Waals surface area (Å²) in [6, 6.07) is 10.6. The first-order chi connectivity index (χ1) is 20.9. The van der Waals surface area contributed by atoms with Gasteiger partial charge in [0.05, 0.1) is 40.0 Å². The van der Waals surface area contributed by atoms with E-state index in [1.165, 1.54) is 22.9 Å². The topological polar surface area (TPSA) is 111 Å². The summed E-state index contributed by atoms with van der Waals surface area (Å²) in [4.78, 5) is 45.8. The predicted octanol–water partition coefficient (Wildman–Crippen LogP) is 5.24. The van der Waals surface area contributed by atoms with E-state index in [1.807, 2.05) is 0 Å². The summed E-state index contributed by atoms with van der Waals surface area (Å²) >= 11 is 5.80. The summed E-state index contributed by atoms with van der Waals surface area (Å²) in [5.74, 6) is -1.61. The van der Waals surface area contributed by atoms with E-state index in [1.54, 1.807) is 28.8 Å². The van der Waals surface area contributed by atoms with Gasteiger partial charge in [0.1, 0.15) is 5.69 Å². The molecule has 1 fully saturated rings. The van der Waals surface area contributed by atoms with Crippen molar-refractivity contribution < 1.29 is 31.5 Å². The van der Waals surface area contributed by atoms with Crippen molar-refractivity contribution in [2.75, 3.05) is 6.54 Å². The molecule has 0 bridgehead atoms. The number of carbonyl (C=O) groups is 2. The third-order valence-corrected chi connectivity index (χ3v) is 7.69. The lowest BCUT2D eigenvalue weighted by atomic mass is 9.85. The Balaban J connectivity index is 1.28. The molecule has 2 amide bonds. The van der Waals surface area contributed by atoms with E-state index in [0.29, 0.717) is 48.9 Å². The number of hydrogen-bond acceptors (Lipinski definition) is 5. The molecule has 9 nitrogen and oxygen atoms in total. The third kappa shape index (κ3) is 6.74. The number of imidazole rings is 1. The summed E-state index contributed by atoms with van der Waals surface area (Å²) in [7, 11) is 0. The van der Waals surface area contributed by atoms with Gasteiger partial charge in [-0.2, -0.15) is 13.2 Å². The zero-order chi connectivity index (χ0) is 31.6. The second-order valence-corrected chi connectivity index (χ2v) is 10.9. The SMILES string of the molecule is O=C(NCC(F)F)c1ccc(-n2c(=O)n(CC3CCC(NC(=O)c4cc(Cl)cnc4C(F)(F)F)CC3)c3ccccc32)cn1. The minimum atomic E-state index is -4.81. The van der Waals surface area contributed by atoms with Crippen molar-refractivity contribution >= 4 is 34.4 Å². The normalized spacial score (nSPS) is 17.2. The van der Waals surface area contributed by atoms with Crippen molar-refractivity contribution in [2.24, 2.45) is 5.92 Å². The maximum absolute atomic E-state index is 13.6. The zero-order valence-corrected chi connectivity index (χ0v) is 23.7. The summed E-state index contributed by atoms with van der Waals surface area (Å²) in [6.45, 7) is -0.438. The van der Waals surface area contributed by atoms with Gasteiger partial charge in [-0.3, -0.25) is 18.7 Å². The second-order valence-electron chi connectivity index (χ2n) is 10.5. The highest BCUT2D eigenvalue weighted by Crippen LogP contribution is 2.32. The number of para-hydroxylation sites is 2. The first-order valence-electron chi connectivity index (χ1n) is 13.7. The predicted molar refractivity (Wildman–Crippen MR) is 151 cm³/mol. The van der Waals surface area contributed by atoms with Gasteiger partial charge < -0.3 is 10.6 Å². The number of amides is 2. The molecule has 2 N–H and O–H groups in total. The Morgan fingerprint density at radius 1 is 0.977 bits per heavy atom. The van der Waals surface area contributed by atoms with Gasteiger partial charge in [0.2, 0.25) is 0 Å². The molecule has 0 atom stereocenters. The number of aromatic nitrogens is 4. The lowest BCUT2D eigenvalue weighted by Crippen LogP contribution is -2.39. The number of nitrogens with one attached hydrogen (secondary N) is 2. The van der Waals surface area contributed by atoms with Crippen molar-refractivity contribution in [2.45, 2.75) is 50.9 Å². The summed E-state index contributed by atoms with van der Waals surface area (Å²) in [6.07, 6.45) is -3.13. The van der Waals surface area contributed by atoms with Gasteiger partial charge in [-0.1, -0.05) is 23.7 Å². The molecular weight excluding hydrogens is 611 g/mol. The zero-order valence-electron chi connectivity index (χ0n) is 23.0. The standard InChI is InChI=1S/C29H26ClF5N6O3/c30-17-11-20(25(37-12-17)29(33,34)35)26(42)39-18-7-5-16(6-8-18)15-40-22-3-1-2-4-23(22)41(28(40)44)19-9-10-21(36-13-19)27(43)38-14-24(31)32/h1-4,9-13,16,18,24H,5-8,14-15H2,(H,38,43)(H,39,42). The Morgan fingerprint density at radius 3 is 2.32 bits per heavy atom. The van der Waals surface area contributed by atoms with Crippen LogP contribution in [0.4, 0.5) is 22.0 Å². The average molecular weight is 637 g/mol. The van der Waals surface area contributed by atoms with Crippen LogP contribution in [-0.4, -0.2) is 49.9 Å². The molecule has 0 unspecified atom stereocenters. The van der Waals surface area contributed by atoms with Gasteiger partial charge in [-0.05, 0) is 61.9 Å². The lowest BCUT2D eigenvalue weighted by molar-refractivity contribution is -0.141. The number of pyridine rings is 2. The van der Waals surface area contributed by atoms with Crippen molar-refractivity contribution in [1.29, 1.82) is 0 Å². The Bertz CT molecular complexity index is 1730. The Kier molecular flexibility index (Phi) is 9.00. The summed E-state index contributed by atoms with van der Waals surface area (Å²) in [5, 5.41) is 4.66. The fraction of sp³-hybridized carbons (Fsp3) is 0.345. The first kappa shape index (κ1) is 31.1. The van der Waals surface area contributed by atoms with Gasteiger partial charge >= 0.3 is 11.9 Å². The molecule has 0 saturated heterocycles. The molecule has 3 aromatic heterocycles. The van der Waals surface area contributed by atoms with Crippen LogP contribution in [0.5, 0.6) is 0 Å². The number of benzene rings is 1. The monoisotopic (exact) mass is 636 g/mol. The molecule has 15 heteroatoms. The largest absolute Gasteiger partial charge is 0.434 e. The van der Waals surface area contributed by atoms with Crippen molar-refractivity contribution in [3.8, 4) is 5.69 Å². The minimum absolute atomic E-state index is 0.0534. The fourth-order valence-corrected chi connectivity index (χ4v) is 5.55. The molecule has 1 saturated carbocycles. The van der Waals surface area contributed by atoms with E-state index in [2.05, 4.69) is 20.6 Å². The molecule has 4 aromatic rings.